The van der Waals surface area contributed by atoms with E-state index in [1.54, 1.807) is 0 Å². The van der Waals surface area contributed by atoms with Gasteiger partial charge in [0, 0.05) is 0 Å². The molecule has 1 rings (SSSR count). The second-order valence-electron chi connectivity index (χ2n) is 2.92. The molecule has 0 fully saturated rings. The van der Waals surface area contributed by atoms with Crippen LogP contribution >= 0.6 is 0 Å². The number of benzene rings is 1. The van der Waals surface area contributed by atoms with E-state index in [4.69, 9.17) is 0 Å². The number of aryl methyl sites for hydroxylation is 1. The Balaban J connectivity index is 0.000000252. The molecule has 0 radical (unpaired) electrons. The van der Waals surface area contributed by atoms with Crippen molar-refractivity contribution in [2.45, 2.75) is 33.1 Å². The number of allylic oxidation sites excluding steroid dienone is 1. The van der Waals surface area contributed by atoms with Gasteiger partial charge < -0.3 is 0 Å². The van der Waals surface area contributed by atoms with E-state index < -0.39 is 0 Å². The van der Waals surface area contributed by atoms with E-state index in [1.165, 1.54) is 12.0 Å². The molecule has 1 aromatic rings. The largest absolute Gasteiger partial charge is 0.103 e. The quantitative estimate of drug-likeness (QED) is 0.605. The molecule has 0 amide bonds. The summed E-state index contributed by atoms with van der Waals surface area (Å²) in [7, 11) is 0. The van der Waals surface area contributed by atoms with Gasteiger partial charge in [0.15, 0.2) is 0 Å². The van der Waals surface area contributed by atoms with Gasteiger partial charge in [-0.15, -0.1) is 6.58 Å². The number of hydrogen-bond donors (Lipinski definition) is 0. The van der Waals surface area contributed by atoms with Crippen LogP contribution in [0.3, 0.4) is 0 Å². The lowest BCUT2D eigenvalue weighted by Crippen LogP contribution is -1.73. The molecule has 13 heavy (non-hydrogen) atoms. The highest BCUT2D eigenvalue weighted by atomic mass is 13.9. The normalized spacial score (nSPS) is 8.46. The third-order valence-electron chi connectivity index (χ3n) is 1.74. The molecular formula is C13H20. The predicted octanol–water partition coefficient (Wildman–Crippen LogP) is 4.22. The first-order valence-corrected chi connectivity index (χ1v) is 4.99. The minimum absolute atomic E-state index is 1.14. The molecule has 0 saturated heterocycles. The lowest BCUT2D eigenvalue weighted by Gasteiger charge is -1.89. The maximum absolute atomic E-state index is 3.55. The van der Waals surface area contributed by atoms with Crippen molar-refractivity contribution < 1.29 is 0 Å². The van der Waals surface area contributed by atoms with Crippen molar-refractivity contribution >= 4 is 0 Å². The average Bonchev–Trinajstić information content (AvgIpc) is 2.21. The molecule has 0 nitrogen and oxygen atoms in total. The Morgan fingerprint density at radius 2 is 1.77 bits per heavy atom. The molecule has 0 aliphatic carbocycles. The van der Waals surface area contributed by atoms with Crippen molar-refractivity contribution in [1.29, 1.82) is 0 Å². The molecule has 0 bridgehead atoms. The fourth-order valence-electron chi connectivity index (χ4n) is 0.918. The lowest BCUT2D eigenvalue weighted by atomic mass is 10.2. The first-order valence-electron chi connectivity index (χ1n) is 4.99. The second-order valence-corrected chi connectivity index (χ2v) is 2.92. The monoisotopic (exact) mass is 176 g/mol. The zero-order chi connectivity index (χ0) is 9.94. The molecular weight excluding hydrogens is 156 g/mol. The third-order valence-corrected chi connectivity index (χ3v) is 1.74. The summed E-state index contributed by atoms with van der Waals surface area (Å²) in [5.74, 6) is 0. The predicted molar refractivity (Wildman–Crippen MR) is 60.9 cm³/mol. The summed E-state index contributed by atoms with van der Waals surface area (Å²) >= 11 is 0. The van der Waals surface area contributed by atoms with Gasteiger partial charge in [-0.3, -0.25) is 0 Å². The molecule has 0 heteroatoms. The van der Waals surface area contributed by atoms with Gasteiger partial charge in [0.1, 0.15) is 0 Å². The molecule has 0 N–H and O–H groups in total. The minimum atomic E-state index is 1.14. The van der Waals surface area contributed by atoms with Crippen LogP contribution < -0.4 is 0 Å². The van der Waals surface area contributed by atoms with Gasteiger partial charge in [-0.25, -0.2) is 0 Å². The fourth-order valence-corrected chi connectivity index (χ4v) is 0.918. The fraction of sp³-hybridized carbons (Fsp3) is 0.385. The van der Waals surface area contributed by atoms with Crippen molar-refractivity contribution in [3.05, 3.63) is 48.6 Å². The SMILES string of the molecule is C=CCCC.CCc1ccccc1. The van der Waals surface area contributed by atoms with Crippen LogP contribution in [-0.4, -0.2) is 0 Å². The van der Waals surface area contributed by atoms with Crippen molar-refractivity contribution in [3.63, 3.8) is 0 Å². The van der Waals surface area contributed by atoms with Crippen molar-refractivity contribution in [2.75, 3.05) is 0 Å². The summed E-state index contributed by atoms with van der Waals surface area (Å²) < 4.78 is 0. The molecule has 0 aromatic heterocycles. The Morgan fingerprint density at radius 1 is 1.15 bits per heavy atom. The first-order chi connectivity index (χ1) is 6.35. The molecule has 0 aliphatic heterocycles. The Bertz CT molecular complexity index is 199. The van der Waals surface area contributed by atoms with Gasteiger partial charge in [0.05, 0.1) is 0 Å². The third kappa shape index (κ3) is 7.32. The average molecular weight is 176 g/mol. The summed E-state index contributed by atoms with van der Waals surface area (Å²) in [5, 5.41) is 0. The van der Waals surface area contributed by atoms with Crippen molar-refractivity contribution in [1.82, 2.24) is 0 Å². The molecule has 0 saturated carbocycles. The van der Waals surface area contributed by atoms with E-state index in [0.29, 0.717) is 0 Å². The molecule has 1 aromatic carbocycles. The standard InChI is InChI=1S/C8H10.C5H10/c1-2-8-6-4-3-5-7-8;1-3-5-4-2/h3-7H,2H2,1H3;3H,1,4-5H2,2H3. The van der Waals surface area contributed by atoms with E-state index in [9.17, 15) is 0 Å². The molecule has 0 unspecified atom stereocenters. The highest BCUT2D eigenvalue weighted by Gasteiger charge is 1.79. The Labute approximate surface area is 82.3 Å². The van der Waals surface area contributed by atoms with Crippen LogP contribution in [0.4, 0.5) is 0 Å². The van der Waals surface area contributed by atoms with Crippen LogP contribution in [0, 0.1) is 0 Å². The highest BCUT2D eigenvalue weighted by molar-refractivity contribution is 5.13. The van der Waals surface area contributed by atoms with Gasteiger partial charge >= 0.3 is 0 Å². The number of rotatable bonds is 3. The molecule has 72 valence electrons. The van der Waals surface area contributed by atoms with E-state index in [1.807, 2.05) is 12.1 Å². The maximum atomic E-state index is 3.55. The van der Waals surface area contributed by atoms with Gasteiger partial charge in [0.25, 0.3) is 0 Å². The smallest absolute Gasteiger partial charge is 0.0307 e. The van der Waals surface area contributed by atoms with Crippen LogP contribution in [0.15, 0.2) is 43.0 Å². The lowest BCUT2D eigenvalue weighted by molar-refractivity contribution is 0.961. The maximum Gasteiger partial charge on any atom is -0.0307 e. The topological polar surface area (TPSA) is 0 Å². The van der Waals surface area contributed by atoms with Crippen molar-refractivity contribution in [3.8, 4) is 0 Å². The van der Waals surface area contributed by atoms with Crippen LogP contribution in [0.1, 0.15) is 32.3 Å². The van der Waals surface area contributed by atoms with Gasteiger partial charge in [-0.1, -0.05) is 56.7 Å². The first kappa shape index (κ1) is 12.0. The van der Waals surface area contributed by atoms with Crippen LogP contribution in [0.25, 0.3) is 0 Å². The minimum Gasteiger partial charge on any atom is -0.103 e. The number of unbranched alkanes of at least 4 members (excludes halogenated alkanes) is 1. The van der Waals surface area contributed by atoms with Crippen LogP contribution in [0.5, 0.6) is 0 Å². The summed E-state index contributed by atoms with van der Waals surface area (Å²) in [6, 6.07) is 10.5. The zero-order valence-corrected chi connectivity index (χ0v) is 8.79. The summed E-state index contributed by atoms with van der Waals surface area (Å²) in [5.41, 5.74) is 1.41. The van der Waals surface area contributed by atoms with Gasteiger partial charge in [-0.2, -0.15) is 0 Å². The zero-order valence-electron chi connectivity index (χ0n) is 8.79. The van der Waals surface area contributed by atoms with E-state index in [0.717, 1.165) is 12.8 Å². The van der Waals surface area contributed by atoms with Crippen molar-refractivity contribution in [2.24, 2.45) is 0 Å². The molecule has 0 aliphatic rings. The van der Waals surface area contributed by atoms with Crippen LogP contribution in [-0.2, 0) is 6.42 Å². The number of hydrogen-bond acceptors (Lipinski definition) is 0. The summed E-state index contributed by atoms with van der Waals surface area (Å²) in [4.78, 5) is 0. The molecule has 0 spiro atoms. The molecule has 0 atom stereocenters. The Kier molecular flexibility index (Phi) is 8.33. The molecule has 0 heterocycles. The van der Waals surface area contributed by atoms with Crippen LogP contribution in [0.2, 0.25) is 0 Å². The van der Waals surface area contributed by atoms with Gasteiger partial charge in [0.2, 0.25) is 0 Å². The highest BCUT2D eigenvalue weighted by Crippen LogP contribution is 1.96. The summed E-state index contributed by atoms with van der Waals surface area (Å²) in [6.45, 7) is 7.85. The van der Waals surface area contributed by atoms with Gasteiger partial charge in [-0.05, 0) is 18.4 Å². The Morgan fingerprint density at radius 3 is 2.00 bits per heavy atom. The second kappa shape index (κ2) is 9.05. The van der Waals surface area contributed by atoms with E-state index in [-0.39, 0.29) is 0 Å². The summed E-state index contributed by atoms with van der Waals surface area (Å²) in [6.07, 6.45) is 5.45. The Hall–Kier alpha value is -1.04. The van der Waals surface area contributed by atoms with E-state index in [2.05, 4.69) is 44.7 Å². The van der Waals surface area contributed by atoms with E-state index >= 15 is 0 Å².